The monoisotopic (exact) mass is 295 g/mol. The van der Waals surface area contributed by atoms with E-state index in [1.54, 1.807) is 11.3 Å². The maximum atomic E-state index is 5.94. The Balaban J connectivity index is 1.59. The fourth-order valence-electron chi connectivity index (χ4n) is 3.27. The molecule has 5 heteroatoms. The minimum absolute atomic E-state index is 0.475. The summed E-state index contributed by atoms with van der Waals surface area (Å²) in [5, 5.41) is 4.44. The Kier molecular flexibility index (Phi) is 4.91. The lowest BCUT2D eigenvalue weighted by Gasteiger charge is -2.43. The van der Waals surface area contributed by atoms with Crippen LogP contribution in [0.15, 0.2) is 6.20 Å². The Hall–Kier alpha value is -0.650. The molecule has 1 aromatic heterocycles. The Bertz CT molecular complexity index is 421. The first-order valence-corrected chi connectivity index (χ1v) is 8.72. The summed E-state index contributed by atoms with van der Waals surface area (Å²) in [5.74, 6) is 0. The molecular weight excluding hydrogens is 270 g/mol. The molecule has 3 rings (SSSR count). The largest absolute Gasteiger partial charge is 0.375 e. The average Bonchev–Trinajstić information content (AvgIpc) is 2.93. The van der Waals surface area contributed by atoms with Gasteiger partial charge in [0.05, 0.1) is 12.7 Å². The number of ether oxygens (including phenoxy) is 1. The van der Waals surface area contributed by atoms with Crippen molar-refractivity contribution in [3.8, 4) is 0 Å². The molecule has 0 bridgehead atoms. The van der Waals surface area contributed by atoms with E-state index in [0.29, 0.717) is 12.1 Å². The quantitative estimate of drug-likeness (QED) is 0.905. The summed E-state index contributed by atoms with van der Waals surface area (Å²) in [6, 6.07) is 0.631. The van der Waals surface area contributed by atoms with Gasteiger partial charge in [0.15, 0.2) is 5.13 Å². The van der Waals surface area contributed by atoms with Gasteiger partial charge in [0, 0.05) is 36.8 Å². The SMILES string of the molecule is CCCNc1ncc(CN2CCOC3CCCCC32)s1. The lowest BCUT2D eigenvalue weighted by Crippen LogP contribution is -2.51. The Morgan fingerprint density at radius 3 is 3.25 bits per heavy atom. The Morgan fingerprint density at radius 2 is 2.35 bits per heavy atom. The molecule has 2 fully saturated rings. The fourth-order valence-corrected chi connectivity index (χ4v) is 4.13. The normalized spacial score (nSPS) is 27.2. The molecule has 0 spiro atoms. The van der Waals surface area contributed by atoms with Crippen LogP contribution < -0.4 is 5.32 Å². The summed E-state index contributed by atoms with van der Waals surface area (Å²) in [7, 11) is 0. The van der Waals surface area contributed by atoms with Crippen LogP contribution in [0.4, 0.5) is 5.13 Å². The second kappa shape index (κ2) is 6.87. The highest BCUT2D eigenvalue weighted by atomic mass is 32.1. The molecule has 2 unspecified atom stereocenters. The zero-order chi connectivity index (χ0) is 13.8. The van der Waals surface area contributed by atoms with E-state index in [0.717, 1.165) is 37.8 Å². The van der Waals surface area contributed by atoms with E-state index in [1.807, 2.05) is 6.20 Å². The van der Waals surface area contributed by atoms with Gasteiger partial charge in [0.1, 0.15) is 0 Å². The number of aromatic nitrogens is 1. The molecule has 0 radical (unpaired) electrons. The highest BCUT2D eigenvalue weighted by molar-refractivity contribution is 7.15. The zero-order valence-electron chi connectivity index (χ0n) is 12.3. The first-order chi connectivity index (χ1) is 9.86. The number of hydrogen-bond acceptors (Lipinski definition) is 5. The molecule has 2 heterocycles. The van der Waals surface area contributed by atoms with Crippen molar-refractivity contribution in [1.29, 1.82) is 0 Å². The van der Waals surface area contributed by atoms with E-state index in [1.165, 1.54) is 30.6 Å². The molecule has 0 amide bonds. The molecule has 112 valence electrons. The van der Waals surface area contributed by atoms with Crippen LogP contribution in [0.1, 0.15) is 43.9 Å². The van der Waals surface area contributed by atoms with Crippen LogP contribution in [-0.4, -0.2) is 41.7 Å². The second-order valence-corrected chi connectivity index (χ2v) is 6.91. The van der Waals surface area contributed by atoms with E-state index >= 15 is 0 Å². The fraction of sp³-hybridized carbons (Fsp3) is 0.800. The summed E-state index contributed by atoms with van der Waals surface area (Å²) in [4.78, 5) is 8.46. The van der Waals surface area contributed by atoms with Crippen LogP contribution in [0.3, 0.4) is 0 Å². The van der Waals surface area contributed by atoms with E-state index in [9.17, 15) is 0 Å². The summed E-state index contributed by atoms with van der Waals surface area (Å²) in [5.41, 5.74) is 0. The molecule has 2 aliphatic rings. The first-order valence-electron chi connectivity index (χ1n) is 7.91. The van der Waals surface area contributed by atoms with Crippen molar-refractivity contribution in [2.24, 2.45) is 0 Å². The van der Waals surface area contributed by atoms with Crippen molar-refractivity contribution < 1.29 is 4.74 Å². The Labute approximate surface area is 125 Å². The molecule has 1 aliphatic heterocycles. The standard InChI is InChI=1S/C15H25N3OS/c1-2-7-16-15-17-10-12(20-15)11-18-8-9-19-14-6-4-3-5-13(14)18/h10,13-14H,2-9,11H2,1H3,(H,16,17). The molecule has 1 saturated heterocycles. The average molecular weight is 295 g/mol. The Morgan fingerprint density at radius 1 is 1.45 bits per heavy atom. The third-order valence-electron chi connectivity index (χ3n) is 4.29. The van der Waals surface area contributed by atoms with E-state index < -0.39 is 0 Å². The molecule has 20 heavy (non-hydrogen) atoms. The minimum atomic E-state index is 0.475. The maximum Gasteiger partial charge on any atom is 0.182 e. The van der Waals surface area contributed by atoms with Gasteiger partial charge >= 0.3 is 0 Å². The third kappa shape index (κ3) is 3.32. The van der Waals surface area contributed by atoms with Crippen molar-refractivity contribution in [2.45, 2.75) is 57.7 Å². The second-order valence-electron chi connectivity index (χ2n) is 5.79. The van der Waals surface area contributed by atoms with Crippen molar-refractivity contribution in [1.82, 2.24) is 9.88 Å². The number of thiazole rings is 1. The van der Waals surface area contributed by atoms with E-state index in [-0.39, 0.29) is 0 Å². The third-order valence-corrected chi connectivity index (χ3v) is 5.23. The van der Waals surface area contributed by atoms with Crippen molar-refractivity contribution >= 4 is 16.5 Å². The molecule has 4 nitrogen and oxygen atoms in total. The van der Waals surface area contributed by atoms with Gasteiger partial charge in [-0.1, -0.05) is 19.8 Å². The van der Waals surface area contributed by atoms with E-state index in [4.69, 9.17) is 4.74 Å². The van der Waals surface area contributed by atoms with Gasteiger partial charge in [0.25, 0.3) is 0 Å². The molecule has 1 N–H and O–H groups in total. The van der Waals surface area contributed by atoms with Gasteiger partial charge in [0.2, 0.25) is 0 Å². The van der Waals surface area contributed by atoms with Crippen molar-refractivity contribution in [3.05, 3.63) is 11.1 Å². The number of anilines is 1. The number of rotatable bonds is 5. The van der Waals surface area contributed by atoms with Crippen LogP contribution in [0.25, 0.3) is 0 Å². The van der Waals surface area contributed by atoms with Crippen LogP contribution >= 0.6 is 11.3 Å². The van der Waals surface area contributed by atoms with Crippen molar-refractivity contribution in [3.63, 3.8) is 0 Å². The summed E-state index contributed by atoms with van der Waals surface area (Å²) in [6.07, 6.45) is 8.88. The number of nitrogens with one attached hydrogen (secondary N) is 1. The first kappa shape index (κ1) is 14.3. The van der Waals surface area contributed by atoms with Gasteiger partial charge in [-0.3, -0.25) is 4.90 Å². The van der Waals surface area contributed by atoms with E-state index in [2.05, 4.69) is 22.1 Å². The number of nitrogens with zero attached hydrogens (tertiary/aromatic N) is 2. The predicted molar refractivity (Wildman–Crippen MR) is 83.3 cm³/mol. The zero-order valence-corrected chi connectivity index (χ0v) is 13.1. The summed E-state index contributed by atoms with van der Waals surface area (Å²) in [6.45, 7) is 6.18. The maximum absolute atomic E-state index is 5.94. The van der Waals surface area contributed by atoms with Gasteiger partial charge in [-0.25, -0.2) is 4.98 Å². The minimum Gasteiger partial charge on any atom is -0.375 e. The lowest BCUT2D eigenvalue weighted by atomic mass is 9.90. The predicted octanol–water partition coefficient (Wildman–Crippen LogP) is 3.11. The highest BCUT2D eigenvalue weighted by Gasteiger charge is 2.34. The molecule has 2 atom stereocenters. The summed E-state index contributed by atoms with van der Waals surface area (Å²) >= 11 is 1.80. The van der Waals surface area contributed by atoms with Crippen LogP contribution in [0, 0.1) is 0 Å². The molecule has 1 aliphatic carbocycles. The van der Waals surface area contributed by atoms with Gasteiger partial charge in [-0.2, -0.15) is 0 Å². The van der Waals surface area contributed by atoms with Crippen LogP contribution in [-0.2, 0) is 11.3 Å². The topological polar surface area (TPSA) is 37.4 Å². The van der Waals surface area contributed by atoms with Crippen LogP contribution in [0.5, 0.6) is 0 Å². The number of hydrogen-bond donors (Lipinski definition) is 1. The van der Waals surface area contributed by atoms with Crippen LogP contribution in [0.2, 0.25) is 0 Å². The molecule has 1 saturated carbocycles. The molecule has 0 aromatic carbocycles. The smallest absolute Gasteiger partial charge is 0.182 e. The number of morpholine rings is 1. The van der Waals surface area contributed by atoms with Gasteiger partial charge < -0.3 is 10.1 Å². The van der Waals surface area contributed by atoms with Crippen molar-refractivity contribution in [2.75, 3.05) is 25.0 Å². The lowest BCUT2D eigenvalue weighted by molar-refractivity contribution is -0.0908. The molecular formula is C15H25N3OS. The number of fused-ring (bicyclic) bond motifs is 1. The summed E-state index contributed by atoms with van der Waals surface area (Å²) < 4.78 is 5.94. The highest BCUT2D eigenvalue weighted by Crippen LogP contribution is 2.30. The van der Waals surface area contributed by atoms with Gasteiger partial charge in [-0.15, -0.1) is 11.3 Å². The molecule has 1 aromatic rings. The van der Waals surface area contributed by atoms with Gasteiger partial charge in [-0.05, 0) is 19.3 Å².